The quantitative estimate of drug-likeness (QED) is 0.454. The molecule has 8 heteroatoms. The van der Waals surface area contributed by atoms with E-state index >= 15 is 0 Å². The SMILES string of the molecule is CCCCCN(Cc1cccn1Cc1cccc(C(F)(F)F)c1)C(=O)CN(CC)C(C)=O. The van der Waals surface area contributed by atoms with Crippen LogP contribution in [0.25, 0.3) is 0 Å². The number of carbonyl (C=O) groups excluding carboxylic acids is 2. The van der Waals surface area contributed by atoms with E-state index in [1.54, 1.807) is 17.2 Å². The van der Waals surface area contributed by atoms with Crippen LogP contribution in [0.2, 0.25) is 0 Å². The molecule has 2 aromatic rings. The Labute approximate surface area is 187 Å². The van der Waals surface area contributed by atoms with E-state index in [-0.39, 0.29) is 24.9 Å². The molecule has 0 atom stereocenters. The molecule has 0 aliphatic carbocycles. The van der Waals surface area contributed by atoms with Crippen LogP contribution < -0.4 is 0 Å². The van der Waals surface area contributed by atoms with E-state index in [1.807, 2.05) is 23.6 Å². The van der Waals surface area contributed by atoms with Crippen molar-refractivity contribution in [1.29, 1.82) is 0 Å². The molecule has 0 saturated heterocycles. The van der Waals surface area contributed by atoms with Crippen molar-refractivity contribution in [2.24, 2.45) is 0 Å². The Morgan fingerprint density at radius 3 is 2.41 bits per heavy atom. The van der Waals surface area contributed by atoms with Gasteiger partial charge in [-0.15, -0.1) is 0 Å². The van der Waals surface area contributed by atoms with Crippen molar-refractivity contribution in [3.8, 4) is 0 Å². The van der Waals surface area contributed by atoms with Gasteiger partial charge in [0.15, 0.2) is 0 Å². The summed E-state index contributed by atoms with van der Waals surface area (Å²) in [6.45, 7) is 7.01. The predicted molar refractivity (Wildman–Crippen MR) is 118 cm³/mol. The van der Waals surface area contributed by atoms with E-state index in [4.69, 9.17) is 0 Å². The Morgan fingerprint density at radius 2 is 1.78 bits per heavy atom. The predicted octanol–water partition coefficient (Wildman–Crippen LogP) is 4.94. The number of likely N-dealkylation sites (N-methyl/N-ethyl adjacent to an activating group) is 1. The van der Waals surface area contributed by atoms with E-state index in [0.717, 1.165) is 37.1 Å². The minimum Gasteiger partial charge on any atom is -0.345 e. The summed E-state index contributed by atoms with van der Waals surface area (Å²) in [6, 6.07) is 8.97. The van der Waals surface area contributed by atoms with Crippen molar-refractivity contribution < 1.29 is 22.8 Å². The van der Waals surface area contributed by atoms with Crippen molar-refractivity contribution in [2.45, 2.75) is 59.3 Å². The smallest absolute Gasteiger partial charge is 0.345 e. The largest absolute Gasteiger partial charge is 0.416 e. The molecule has 0 fully saturated rings. The molecule has 176 valence electrons. The molecule has 5 nitrogen and oxygen atoms in total. The van der Waals surface area contributed by atoms with Gasteiger partial charge in [-0.2, -0.15) is 13.2 Å². The van der Waals surface area contributed by atoms with Crippen LogP contribution in [-0.4, -0.2) is 45.8 Å². The third kappa shape index (κ3) is 7.43. The Kier molecular flexibility index (Phi) is 9.35. The maximum atomic E-state index is 13.0. The zero-order chi connectivity index (χ0) is 23.7. The van der Waals surface area contributed by atoms with E-state index in [2.05, 4.69) is 6.92 Å². The van der Waals surface area contributed by atoms with Gasteiger partial charge in [0, 0.05) is 38.4 Å². The van der Waals surface area contributed by atoms with Crippen molar-refractivity contribution in [3.05, 3.63) is 59.4 Å². The highest BCUT2D eigenvalue weighted by Crippen LogP contribution is 2.29. The standard InChI is InChI=1S/C24H32F3N3O2/c1-4-6-7-13-30(23(32)18-28(5-2)19(3)31)17-22-12-9-14-29(22)16-20-10-8-11-21(15-20)24(25,26)27/h8-12,14-15H,4-7,13,16-18H2,1-3H3. The average Bonchev–Trinajstić information content (AvgIpc) is 3.17. The van der Waals surface area contributed by atoms with Crippen LogP contribution in [0.4, 0.5) is 13.2 Å². The maximum Gasteiger partial charge on any atom is 0.416 e. The Hall–Kier alpha value is -2.77. The third-order valence-electron chi connectivity index (χ3n) is 5.42. The van der Waals surface area contributed by atoms with Gasteiger partial charge >= 0.3 is 6.18 Å². The summed E-state index contributed by atoms with van der Waals surface area (Å²) in [5, 5.41) is 0. The van der Waals surface area contributed by atoms with Crippen molar-refractivity contribution >= 4 is 11.8 Å². The number of alkyl halides is 3. The lowest BCUT2D eigenvalue weighted by molar-refractivity contribution is -0.139. The highest BCUT2D eigenvalue weighted by Gasteiger charge is 2.30. The molecule has 32 heavy (non-hydrogen) atoms. The molecule has 0 saturated carbocycles. The van der Waals surface area contributed by atoms with Crippen LogP contribution in [-0.2, 0) is 28.9 Å². The fraction of sp³-hybridized carbons (Fsp3) is 0.500. The average molecular weight is 452 g/mol. The van der Waals surface area contributed by atoms with Crippen LogP contribution in [0.15, 0.2) is 42.6 Å². The summed E-state index contributed by atoms with van der Waals surface area (Å²) >= 11 is 0. The molecule has 0 unspecified atom stereocenters. The lowest BCUT2D eigenvalue weighted by Crippen LogP contribution is -2.42. The van der Waals surface area contributed by atoms with E-state index in [9.17, 15) is 22.8 Å². The maximum absolute atomic E-state index is 13.0. The molecule has 0 spiro atoms. The second kappa shape index (κ2) is 11.7. The van der Waals surface area contributed by atoms with Gasteiger partial charge in [0.1, 0.15) is 0 Å². The first kappa shape index (κ1) is 25.5. The summed E-state index contributed by atoms with van der Waals surface area (Å²) in [5.74, 6) is -0.285. The molecule has 1 aromatic carbocycles. The second-order valence-corrected chi connectivity index (χ2v) is 7.88. The molecular formula is C24H32F3N3O2. The molecule has 0 aliphatic heterocycles. The van der Waals surface area contributed by atoms with Crippen LogP contribution >= 0.6 is 0 Å². The van der Waals surface area contributed by atoms with Crippen LogP contribution in [0.1, 0.15) is 56.9 Å². The number of benzene rings is 1. The minimum atomic E-state index is -4.39. The molecule has 0 aliphatic rings. The van der Waals surface area contributed by atoms with E-state index in [0.29, 0.717) is 25.2 Å². The van der Waals surface area contributed by atoms with Gasteiger partial charge in [-0.3, -0.25) is 9.59 Å². The number of rotatable bonds is 11. The number of aromatic nitrogens is 1. The fourth-order valence-corrected chi connectivity index (χ4v) is 3.54. The summed E-state index contributed by atoms with van der Waals surface area (Å²) < 4.78 is 41.0. The summed E-state index contributed by atoms with van der Waals surface area (Å²) in [7, 11) is 0. The molecule has 0 radical (unpaired) electrons. The van der Waals surface area contributed by atoms with Gasteiger partial charge in [-0.05, 0) is 43.2 Å². The molecule has 2 amide bonds. The van der Waals surface area contributed by atoms with Crippen molar-refractivity contribution in [2.75, 3.05) is 19.6 Å². The first-order valence-corrected chi connectivity index (χ1v) is 11.0. The number of amides is 2. The summed E-state index contributed by atoms with van der Waals surface area (Å²) in [5.41, 5.74) is 0.692. The normalized spacial score (nSPS) is 11.4. The van der Waals surface area contributed by atoms with Crippen molar-refractivity contribution in [3.63, 3.8) is 0 Å². The molecule has 0 N–H and O–H groups in total. The lowest BCUT2D eigenvalue weighted by Gasteiger charge is -2.27. The fourth-order valence-electron chi connectivity index (χ4n) is 3.54. The van der Waals surface area contributed by atoms with E-state index in [1.165, 1.54) is 17.9 Å². The number of hydrogen-bond acceptors (Lipinski definition) is 2. The Bertz CT molecular complexity index is 893. The van der Waals surface area contributed by atoms with Gasteiger partial charge in [0.25, 0.3) is 0 Å². The molecule has 1 aromatic heterocycles. The number of unbranched alkanes of at least 4 members (excludes halogenated alkanes) is 2. The highest BCUT2D eigenvalue weighted by atomic mass is 19.4. The molecule has 1 heterocycles. The lowest BCUT2D eigenvalue weighted by atomic mass is 10.1. The Balaban J connectivity index is 2.18. The van der Waals surface area contributed by atoms with Gasteiger partial charge in [-0.1, -0.05) is 31.9 Å². The van der Waals surface area contributed by atoms with Gasteiger partial charge < -0.3 is 14.4 Å². The monoisotopic (exact) mass is 451 g/mol. The third-order valence-corrected chi connectivity index (χ3v) is 5.42. The van der Waals surface area contributed by atoms with Crippen LogP contribution in [0.3, 0.4) is 0 Å². The molecular weight excluding hydrogens is 419 g/mol. The summed E-state index contributed by atoms with van der Waals surface area (Å²) in [4.78, 5) is 27.9. The topological polar surface area (TPSA) is 45.6 Å². The first-order valence-electron chi connectivity index (χ1n) is 11.0. The Morgan fingerprint density at radius 1 is 1.03 bits per heavy atom. The number of carbonyl (C=O) groups is 2. The van der Waals surface area contributed by atoms with Crippen LogP contribution in [0.5, 0.6) is 0 Å². The number of nitrogens with zero attached hydrogens (tertiary/aromatic N) is 3. The van der Waals surface area contributed by atoms with Gasteiger partial charge in [-0.25, -0.2) is 0 Å². The highest BCUT2D eigenvalue weighted by molar-refractivity contribution is 5.83. The number of halogens is 3. The summed E-state index contributed by atoms with van der Waals surface area (Å²) in [6.07, 6.45) is 0.266. The van der Waals surface area contributed by atoms with Gasteiger partial charge in [0.05, 0.1) is 18.7 Å². The van der Waals surface area contributed by atoms with Gasteiger partial charge in [0.2, 0.25) is 11.8 Å². The minimum absolute atomic E-state index is 0.0201. The van der Waals surface area contributed by atoms with Crippen LogP contribution in [0, 0.1) is 0 Å². The molecule has 0 bridgehead atoms. The first-order chi connectivity index (χ1) is 15.2. The second-order valence-electron chi connectivity index (χ2n) is 7.88. The molecule has 2 rings (SSSR count). The zero-order valence-corrected chi connectivity index (χ0v) is 19.0. The number of hydrogen-bond donors (Lipinski definition) is 0. The zero-order valence-electron chi connectivity index (χ0n) is 19.0. The van der Waals surface area contributed by atoms with Crippen molar-refractivity contribution in [1.82, 2.24) is 14.4 Å². The van der Waals surface area contributed by atoms with E-state index < -0.39 is 11.7 Å².